The molecule has 1 aliphatic heterocycles. The van der Waals surface area contributed by atoms with Crippen LogP contribution in [-0.2, 0) is 11.2 Å². The quantitative estimate of drug-likeness (QED) is 0.912. The van der Waals surface area contributed by atoms with Crippen LogP contribution in [0.1, 0.15) is 43.2 Å². The summed E-state index contributed by atoms with van der Waals surface area (Å²) >= 11 is 0. The number of amides is 1. The number of hydrogen-bond acceptors (Lipinski definition) is 4. The summed E-state index contributed by atoms with van der Waals surface area (Å²) in [4.78, 5) is 14.4. The van der Waals surface area contributed by atoms with Gasteiger partial charge in [0, 0.05) is 31.1 Å². The lowest BCUT2D eigenvalue weighted by Gasteiger charge is -2.38. The van der Waals surface area contributed by atoms with Gasteiger partial charge in [-0.15, -0.1) is 0 Å². The highest BCUT2D eigenvalue weighted by Crippen LogP contribution is 2.23. The van der Waals surface area contributed by atoms with Gasteiger partial charge in [0.05, 0.1) is 5.69 Å². The standard InChI is InChI=1S/C15H25N3O2/c1-10-6-7-18(13(8-10)9-16)15(19)5-4-14-11(2)17-20-12(14)3/h10,13H,4-9,16H2,1-3H3. The summed E-state index contributed by atoms with van der Waals surface area (Å²) in [6, 6.07) is 0.205. The van der Waals surface area contributed by atoms with Crippen molar-refractivity contribution >= 4 is 5.91 Å². The van der Waals surface area contributed by atoms with Crippen LogP contribution in [0.4, 0.5) is 0 Å². The van der Waals surface area contributed by atoms with Gasteiger partial charge in [-0.3, -0.25) is 4.79 Å². The maximum Gasteiger partial charge on any atom is 0.223 e. The topological polar surface area (TPSA) is 72.4 Å². The molecule has 5 nitrogen and oxygen atoms in total. The van der Waals surface area contributed by atoms with Gasteiger partial charge in [0.2, 0.25) is 5.91 Å². The molecule has 20 heavy (non-hydrogen) atoms. The molecule has 112 valence electrons. The van der Waals surface area contributed by atoms with Crippen molar-refractivity contribution in [3.8, 4) is 0 Å². The molecule has 2 atom stereocenters. The van der Waals surface area contributed by atoms with E-state index >= 15 is 0 Å². The zero-order valence-corrected chi connectivity index (χ0v) is 12.7. The second-order valence-corrected chi connectivity index (χ2v) is 5.91. The van der Waals surface area contributed by atoms with Crippen LogP contribution in [-0.4, -0.2) is 35.1 Å². The first-order valence-electron chi connectivity index (χ1n) is 7.44. The molecule has 1 fully saturated rings. The molecule has 0 bridgehead atoms. The molecular weight excluding hydrogens is 254 g/mol. The summed E-state index contributed by atoms with van der Waals surface area (Å²) in [5, 5.41) is 3.93. The third-order valence-electron chi connectivity index (χ3n) is 4.34. The highest BCUT2D eigenvalue weighted by atomic mass is 16.5. The van der Waals surface area contributed by atoms with E-state index in [1.807, 2.05) is 18.7 Å². The van der Waals surface area contributed by atoms with E-state index in [9.17, 15) is 4.79 Å². The normalized spacial score (nSPS) is 23.1. The van der Waals surface area contributed by atoms with Gasteiger partial charge < -0.3 is 15.2 Å². The highest BCUT2D eigenvalue weighted by Gasteiger charge is 2.28. The molecule has 1 aliphatic rings. The highest BCUT2D eigenvalue weighted by molar-refractivity contribution is 5.77. The second kappa shape index (κ2) is 6.39. The smallest absolute Gasteiger partial charge is 0.223 e. The van der Waals surface area contributed by atoms with E-state index in [1.54, 1.807) is 0 Å². The van der Waals surface area contributed by atoms with Gasteiger partial charge in [0.15, 0.2) is 0 Å². The molecule has 2 heterocycles. The predicted molar refractivity (Wildman–Crippen MR) is 77.3 cm³/mol. The van der Waals surface area contributed by atoms with Gasteiger partial charge in [0.1, 0.15) is 5.76 Å². The molecule has 2 N–H and O–H groups in total. The largest absolute Gasteiger partial charge is 0.361 e. The number of aryl methyl sites for hydroxylation is 2. The SMILES string of the molecule is Cc1noc(C)c1CCC(=O)N1CCC(C)CC1CN. The molecule has 0 aromatic carbocycles. The zero-order valence-electron chi connectivity index (χ0n) is 12.7. The molecule has 1 aromatic heterocycles. The van der Waals surface area contributed by atoms with E-state index in [1.165, 1.54) is 0 Å². The molecule has 5 heteroatoms. The lowest BCUT2D eigenvalue weighted by Crippen LogP contribution is -2.49. The lowest BCUT2D eigenvalue weighted by molar-refractivity contribution is -0.135. The van der Waals surface area contributed by atoms with Crippen molar-refractivity contribution in [3.63, 3.8) is 0 Å². The number of nitrogens with two attached hydrogens (primary N) is 1. The predicted octanol–water partition coefficient (Wildman–Crippen LogP) is 1.81. The van der Waals surface area contributed by atoms with E-state index in [0.29, 0.717) is 25.3 Å². The molecule has 0 aliphatic carbocycles. The van der Waals surface area contributed by atoms with E-state index < -0.39 is 0 Å². The number of aromatic nitrogens is 1. The Bertz CT molecular complexity index is 450. The van der Waals surface area contributed by atoms with Crippen molar-refractivity contribution in [2.45, 2.75) is 52.5 Å². The van der Waals surface area contributed by atoms with Crippen LogP contribution in [0, 0.1) is 19.8 Å². The number of nitrogens with zero attached hydrogens (tertiary/aromatic N) is 2. The van der Waals surface area contributed by atoms with Crippen molar-refractivity contribution < 1.29 is 9.32 Å². The van der Waals surface area contributed by atoms with Gasteiger partial charge in [-0.1, -0.05) is 12.1 Å². The Morgan fingerprint density at radius 2 is 2.25 bits per heavy atom. The summed E-state index contributed by atoms with van der Waals surface area (Å²) in [6.45, 7) is 7.44. The first kappa shape index (κ1) is 15.0. The van der Waals surface area contributed by atoms with Gasteiger partial charge in [-0.2, -0.15) is 0 Å². The van der Waals surface area contributed by atoms with Gasteiger partial charge >= 0.3 is 0 Å². The summed E-state index contributed by atoms with van der Waals surface area (Å²) in [5.41, 5.74) is 7.76. The number of hydrogen-bond donors (Lipinski definition) is 1. The van der Waals surface area contributed by atoms with E-state index in [-0.39, 0.29) is 11.9 Å². The summed E-state index contributed by atoms with van der Waals surface area (Å²) in [7, 11) is 0. The molecule has 1 amide bonds. The fraction of sp³-hybridized carbons (Fsp3) is 0.733. The average Bonchev–Trinajstić information content (AvgIpc) is 2.75. The maximum atomic E-state index is 12.4. The van der Waals surface area contributed by atoms with Crippen molar-refractivity contribution in [2.75, 3.05) is 13.1 Å². The van der Waals surface area contributed by atoms with Crippen LogP contribution in [0.25, 0.3) is 0 Å². The average molecular weight is 279 g/mol. The van der Waals surface area contributed by atoms with Crippen LogP contribution in [0.15, 0.2) is 4.52 Å². The van der Waals surface area contributed by atoms with Gasteiger partial charge in [-0.05, 0) is 39.0 Å². The maximum absolute atomic E-state index is 12.4. The summed E-state index contributed by atoms with van der Waals surface area (Å²) in [5.74, 6) is 1.68. The molecular formula is C15H25N3O2. The van der Waals surface area contributed by atoms with Crippen molar-refractivity contribution in [1.29, 1.82) is 0 Å². The van der Waals surface area contributed by atoms with Gasteiger partial charge in [0.25, 0.3) is 0 Å². The van der Waals surface area contributed by atoms with Crippen LogP contribution in [0.5, 0.6) is 0 Å². The Labute approximate surface area is 120 Å². The first-order chi connectivity index (χ1) is 9.52. The number of likely N-dealkylation sites (tertiary alicyclic amines) is 1. The van der Waals surface area contributed by atoms with Crippen molar-refractivity contribution in [1.82, 2.24) is 10.1 Å². The van der Waals surface area contributed by atoms with E-state index in [2.05, 4.69) is 12.1 Å². The van der Waals surface area contributed by atoms with Crippen LogP contribution >= 0.6 is 0 Å². The minimum Gasteiger partial charge on any atom is -0.361 e. The van der Waals surface area contributed by atoms with Crippen molar-refractivity contribution in [3.05, 3.63) is 17.0 Å². The molecule has 0 saturated carbocycles. The Morgan fingerprint density at radius 3 is 2.85 bits per heavy atom. The molecule has 0 spiro atoms. The molecule has 1 aromatic rings. The Hall–Kier alpha value is -1.36. The van der Waals surface area contributed by atoms with E-state index in [0.717, 1.165) is 36.4 Å². The zero-order chi connectivity index (χ0) is 14.7. The minimum absolute atomic E-state index is 0.201. The third kappa shape index (κ3) is 3.20. The molecule has 2 unspecified atom stereocenters. The van der Waals surface area contributed by atoms with Crippen LogP contribution in [0.2, 0.25) is 0 Å². The number of carbonyl (C=O) groups excluding carboxylic acids is 1. The summed E-state index contributed by atoms with van der Waals surface area (Å²) < 4.78 is 5.13. The number of piperidine rings is 1. The first-order valence-corrected chi connectivity index (χ1v) is 7.44. The second-order valence-electron chi connectivity index (χ2n) is 5.91. The fourth-order valence-electron chi connectivity index (χ4n) is 3.04. The fourth-order valence-corrected chi connectivity index (χ4v) is 3.04. The minimum atomic E-state index is 0.201. The Balaban J connectivity index is 1.94. The van der Waals surface area contributed by atoms with Crippen LogP contribution < -0.4 is 5.73 Å². The number of carbonyl (C=O) groups is 1. The van der Waals surface area contributed by atoms with Crippen molar-refractivity contribution in [2.24, 2.45) is 11.7 Å². The van der Waals surface area contributed by atoms with Crippen LogP contribution in [0.3, 0.4) is 0 Å². The molecule has 0 radical (unpaired) electrons. The molecule has 2 rings (SSSR count). The monoisotopic (exact) mass is 279 g/mol. The third-order valence-corrected chi connectivity index (χ3v) is 4.34. The Kier molecular flexibility index (Phi) is 4.81. The van der Waals surface area contributed by atoms with E-state index in [4.69, 9.17) is 10.3 Å². The lowest BCUT2D eigenvalue weighted by atomic mass is 9.92. The molecule has 1 saturated heterocycles. The summed E-state index contributed by atoms with van der Waals surface area (Å²) in [6.07, 6.45) is 3.30. The Morgan fingerprint density at radius 1 is 1.50 bits per heavy atom. The number of rotatable bonds is 4. The van der Waals surface area contributed by atoms with Gasteiger partial charge in [-0.25, -0.2) is 0 Å².